The molecule has 96 valence electrons. The molecule has 0 radical (unpaired) electrons. The van der Waals surface area contributed by atoms with Crippen LogP contribution in [0.25, 0.3) is 0 Å². The van der Waals surface area contributed by atoms with Gasteiger partial charge in [0.15, 0.2) is 0 Å². The molecule has 0 amide bonds. The average Bonchev–Trinajstić information content (AvgIpc) is 2.26. The smallest absolute Gasteiger partial charge is 0.124 e. The Morgan fingerprint density at radius 2 is 2.22 bits per heavy atom. The number of nitrogens with zero attached hydrogens (tertiary/aromatic N) is 2. The fourth-order valence-electron chi connectivity index (χ4n) is 2.25. The maximum atomic E-state index is 13.4. The SMILES string of the molecule is CCCN(Cc1cc(F)cc(C#N)c1)C1CNC1. The van der Waals surface area contributed by atoms with E-state index in [-0.39, 0.29) is 5.82 Å². The summed E-state index contributed by atoms with van der Waals surface area (Å²) in [5.74, 6) is -0.327. The van der Waals surface area contributed by atoms with E-state index in [9.17, 15) is 4.39 Å². The minimum Gasteiger partial charge on any atom is -0.314 e. The van der Waals surface area contributed by atoms with Crippen molar-refractivity contribution in [3.8, 4) is 6.07 Å². The normalized spacial score (nSPS) is 15.4. The summed E-state index contributed by atoms with van der Waals surface area (Å²) in [6.45, 7) is 5.86. The zero-order valence-electron chi connectivity index (χ0n) is 10.6. The molecule has 1 aliphatic heterocycles. The van der Waals surface area contributed by atoms with Gasteiger partial charge in [-0.25, -0.2) is 4.39 Å². The van der Waals surface area contributed by atoms with E-state index in [0.29, 0.717) is 18.2 Å². The fourth-order valence-corrected chi connectivity index (χ4v) is 2.25. The van der Waals surface area contributed by atoms with Crippen molar-refractivity contribution in [2.75, 3.05) is 19.6 Å². The highest BCUT2D eigenvalue weighted by Gasteiger charge is 2.23. The van der Waals surface area contributed by atoms with Crippen molar-refractivity contribution in [1.82, 2.24) is 10.2 Å². The van der Waals surface area contributed by atoms with Gasteiger partial charge in [-0.1, -0.05) is 6.92 Å². The molecule has 0 saturated carbocycles. The third-order valence-electron chi connectivity index (χ3n) is 3.26. The van der Waals surface area contributed by atoms with Crippen molar-refractivity contribution in [2.24, 2.45) is 0 Å². The Kier molecular flexibility index (Phi) is 4.29. The van der Waals surface area contributed by atoms with E-state index in [1.165, 1.54) is 12.1 Å². The van der Waals surface area contributed by atoms with Crippen LogP contribution in [0.3, 0.4) is 0 Å². The van der Waals surface area contributed by atoms with Gasteiger partial charge in [-0.2, -0.15) is 5.26 Å². The van der Waals surface area contributed by atoms with E-state index in [4.69, 9.17) is 5.26 Å². The van der Waals surface area contributed by atoms with E-state index in [2.05, 4.69) is 17.1 Å². The Morgan fingerprint density at radius 1 is 1.44 bits per heavy atom. The summed E-state index contributed by atoms with van der Waals surface area (Å²) >= 11 is 0. The van der Waals surface area contributed by atoms with Gasteiger partial charge in [0, 0.05) is 25.7 Å². The molecule has 0 unspecified atom stereocenters. The average molecular weight is 247 g/mol. The summed E-state index contributed by atoms with van der Waals surface area (Å²) in [6.07, 6.45) is 1.08. The van der Waals surface area contributed by atoms with Crippen LogP contribution < -0.4 is 5.32 Å². The van der Waals surface area contributed by atoms with Crippen LogP contribution in [0.15, 0.2) is 18.2 Å². The summed E-state index contributed by atoms with van der Waals surface area (Å²) in [7, 11) is 0. The molecule has 1 aromatic carbocycles. The first-order valence-corrected chi connectivity index (χ1v) is 6.37. The van der Waals surface area contributed by atoms with Gasteiger partial charge < -0.3 is 5.32 Å². The number of nitriles is 1. The highest BCUT2D eigenvalue weighted by Crippen LogP contribution is 2.15. The van der Waals surface area contributed by atoms with Crippen LogP contribution in [0.4, 0.5) is 4.39 Å². The molecule has 1 aliphatic rings. The van der Waals surface area contributed by atoms with Crippen molar-refractivity contribution in [3.63, 3.8) is 0 Å². The number of rotatable bonds is 5. The third kappa shape index (κ3) is 3.06. The summed E-state index contributed by atoms with van der Waals surface area (Å²) < 4.78 is 13.4. The van der Waals surface area contributed by atoms with Crippen molar-refractivity contribution < 1.29 is 4.39 Å². The number of halogens is 1. The lowest BCUT2D eigenvalue weighted by atomic mass is 10.1. The van der Waals surface area contributed by atoms with Crippen molar-refractivity contribution in [3.05, 3.63) is 35.1 Å². The van der Waals surface area contributed by atoms with Gasteiger partial charge >= 0.3 is 0 Å². The monoisotopic (exact) mass is 247 g/mol. The standard InChI is InChI=1S/C14H18FN3/c1-2-3-18(14-8-17-9-14)10-12-4-11(7-16)5-13(15)6-12/h4-6,14,17H,2-3,8-10H2,1H3. The van der Waals surface area contributed by atoms with E-state index in [0.717, 1.165) is 31.6 Å². The first-order valence-electron chi connectivity index (χ1n) is 6.37. The number of hydrogen-bond acceptors (Lipinski definition) is 3. The maximum Gasteiger partial charge on any atom is 0.124 e. The molecule has 4 heteroatoms. The Morgan fingerprint density at radius 3 is 2.78 bits per heavy atom. The summed E-state index contributed by atoms with van der Waals surface area (Å²) in [4.78, 5) is 2.35. The van der Waals surface area contributed by atoms with E-state index >= 15 is 0 Å². The summed E-state index contributed by atoms with van der Waals surface area (Å²) in [6, 6.07) is 7.12. The predicted molar refractivity (Wildman–Crippen MR) is 68.5 cm³/mol. The van der Waals surface area contributed by atoms with Gasteiger partial charge in [0.2, 0.25) is 0 Å². The first kappa shape index (κ1) is 13.0. The van der Waals surface area contributed by atoms with Crippen LogP contribution in [0.1, 0.15) is 24.5 Å². The van der Waals surface area contributed by atoms with Crippen LogP contribution in [0.5, 0.6) is 0 Å². The minimum atomic E-state index is -0.327. The van der Waals surface area contributed by atoms with Gasteiger partial charge in [0.1, 0.15) is 5.82 Å². The molecule has 18 heavy (non-hydrogen) atoms. The molecule has 2 rings (SSSR count). The second kappa shape index (κ2) is 5.94. The number of nitrogens with one attached hydrogen (secondary N) is 1. The Hall–Kier alpha value is -1.44. The van der Waals surface area contributed by atoms with Crippen molar-refractivity contribution in [2.45, 2.75) is 25.9 Å². The molecule has 0 aliphatic carbocycles. The second-order valence-electron chi connectivity index (χ2n) is 4.74. The van der Waals surface area contributed by atoms with Crippen LogP contribution >= 0.6 is 0 Å². The molecule has 1 heterocycles. The zero-order chi connectivity index (χ0) is 13.0. The van der Waals surface area contributed by atoms with Gasteiger partial charge in [0.05, 0.1) is 11.6 Å². The molecule has 0 bridgehead atoms. The van der Waals surface area contributed by atoms with Crippen LogP contribution in [-0.2, 0) is 6.54 Å². The Balaban J connectivity index is 2.10. The predicted octanol–water partition coefficient (Wildman–Crippen LogP) is 1.88. The molecule has 0 atom stereocenters. The highest BCUT2D eigenvalue weighted by atomic mass is 19.1. The first-order chi connectivity index (χ1) is 8.72. The molecular formula is C14H18FN3. The third-order valence-corrected chi connectivity index (χ3v) is 3.26. The molecular weight excluding hydrogens is 229 g/mol. The lowest BCUT2D eigenvalue weighted by Crippen LogP contribution is -2.56. The van der Waals surface area contributed by atoms with Crippen LogP contribution in [0.2, 0.25) is 0 Å². The van der Waals surface area contributed by atoms with Crippen molar-refractivity contribution in [1.29, 1.82) is 5.26 Å². The topological polar surface area (TPSA) is 39.1 Å². The lowest BCUT2D eigenvalue weighted by molar-refractivity contribution is 0.137. The number of hydrogen-bond donors (Lipinski definition) is 1. The largest absolute Gasteiger partial charge is 0.314 e. The molecule has 0 aromatic heterocycles. The quantitative estimate of drug-likeness (QED) is 0.863. The van der Waals surface area contributed by atoms with E-state index in [1.807, 2.05) is 6.07 Å². The lowest BCUT2D eigenvalue weighted by Gasteiger charge is -2.38. The Bertz CT molecular complexity index is 449. The molecule has 3 nitrogen and oxygen atoms in total. The van der Waals surface area contributed by atoms with Gasteiger partial charge in [-0.3, -0.25) is 4.90 Å². The highest BCUT2D eigenvalue weighted by molar-refractivity contribution is 5.33. The minimum absolute atomic E-state index is 0.327. The van der Waals surface area contributed by atoms with Crippen LogP contribution in [-0.4, -0.2) is 30.6 Å². The molecule has 1 saturated heterocycles. The number of benzene rings is 1. The van der Waals surface area contributed by atoms with Gasteiger partial charge in [0.25, 0.3) is 0 Å². The maximum absolute atomic E-state index is 13.4. The molecule has 0 spiro atoms. The Labute approximate surface area is 107 Å². The molecule has 1 fully saturated rings. The zero-order valence-corrected chi connectivity index (χ0v) is 10.6. The fraction of sp³-hybridized carbons (Fsp3) is 0.500. The van der Waals surface area contributed by atoms with E-state index < -0.39 is 0 Å². The molecule has 1 aromatic rings. The van der Waals surface area contributed by atoms with Crippen molar-refractivity contribution >= 4 is 0 Å². The summed E-state index contributed by atoms with van der Waals surface area (Å²) in [5.41, 5.74) is 1.28. The second-order valence-corrected chi connectivity index (χ2v) is 4.74. The summed E-state index contributed by atoms with van der Waals surface area (Å²) in [5, 5.41) is 12.1. The molecule has 1 N–H and O–H groups in total. The van der Waals surface area contributed by atoms with E-state index in [1.54, 1.807) is 6.07 Å². The van der Waals surface area contributed by atoms with Gasteiger partial charge in [-0.15, -0.1) is 0 Å². The van der Waals surface area contributed by atoms with Crippen LogP contribution in [0, 0.1) is 17.1 Å². The van der Waals surface area contributed by atoms with Gasteiger partial charge in [-0.05, 0) is 36.7 Å².